The van der Waals surface area contributed by atoms with E-state index in [0.29, 0.717) is 38.7 Å². The number of hydrogen-bond acceptors (Lipinski definition) is 5. The van der Waals surface area contributed by atoms with Crippen LogP contribution < -0.4 is 18.6 Å². The molecule has 0 radical (unpaired) electrons. The first-order valence-electron chi connectivity index (χ1n) is 9.74. The normalized spacial score (nSPS) is 10.8. The van der Waals surface area contributed by atoms with E-state index < -0.39 is 0 Å². The van der Waals surface area contributed by atoms with Crippen LogP contribution in [0.2, 0.25) is 5.02 Å². The minimum Gasteiger partial charge on any atom is -0.493 e. The van der Waals surface area contributed by atoms with E-state index in [1.165, 1.54) is 23.4 Å². The average Bonchev–Trinajstić information content (AvgIpc) is 2.82. The van der Waals surface area contributed by atoms with Gasteiger partial charge in [-0.05, 0) is 28.8 Å². The maximum atomic E-state index is 13.0. The Morgan fingerprint density at radius 1 is 0.938 bits per heavy atom. The van der Waals surface area contributed by atoms with Gasteiger partial charge in [-0.2, -0.15) is 0 Å². The van der Waals surface area contributed by atoms with Gasteiger partial charge in [0.1, 0.15) is 0 Å². The number of carbonyl (C=O) groups is 1. The number of benzene rings is 3. The van der Waals surface area contributed by atoms with E-state index in [9.17, 15) is 15.0 Å². The largest absolute Gasteiger partial charge is 0.638 e. The number of ketones is 1. The van der Waals surface area contributed by atoms with Gasteiger partial charge in [0.25, 0.3) is 0 Å². The van der Waals surface area contributed by atoms with Gasteiger partial charge < -0.3 is 19.7 Å². The lowest BCUT2D eigenvalue weighted by atomic mass is 10.1. The van der Waals surface area contributed by atoms with Crippen LogP contribution in [0.15, 0.2) is 66.7 Å². The molecule has 0 saturated carbocycles. The lowest BCUT2D eigenvalue weighted by Gasteiger charge is -2.09. The van der Waals surface area contributed by atoms with Crippen molar-refractivity contribution in [2.75, 3.05) is 14.2 Å². The van der Waals surface area contributed by atoms with Crippen LogP contribution in [0.3, 0.4) is 0 Å². The highest BCUT2D eigenvalue weighted by molar-refractivity contribution is 6.30. The molecule has 4 aromatic rings. The Morgan fingerprint density at radius 2 is 1.56 bits per heavy atom. The summed E-state index contributed by atoms with van der Waals surface area (Å²) in [6.45, 7) is -0.188. The summed E-state index contributed by atoms with van der Waals surface area (Å²) in [5.41, 5.74) is 1.35. The molecule has 0 atom stereocenters. The fourth-order valence-corrected chi connectivity index (χ4v) is 3.68. The Hall–Kier alpha value is -3.84. The van der Waals surface area contributed by atoms with Gasteiger partial charge in [-0.25, -0.2) is 0 Å². The van der Waals surface area contributed by atoms with Crippen molar-refractivity contribution in [1.82, 2.24) is 0 Å². The molecule has 1 aromatic heterocycles. The minimum atomic E-state index is -0.323. The molecule has 3 aromatic carbocycles. The van der Waals surface area contributed by atoms with Gasteiger partial charge in [-0.1, -0.05) is 34.4 Å². The molecule has 32 heavy (non-hydrogen) atoms. The molecule has 0 spiro atoms. The van der Waals surface area contributed by atoms with Crippen molar-refractivity contribution in [1.29, 1.82) is 0 Å². The molecule has 0 aliphatic rings. The molecule has 0 bridgehead atoms. The maximum absolute atomic E-state index is 13.0. The second-order valence-electron chi connectivity index (χ2n) is 7.04. The Morgan fingerprint density at radius 3 is 2.19 bits per heavy atom. The van der Waals surface area contributed by atoms with Gasteiger partial charge in [-0.3, -0.25) is 4.79 Å². The predicted molar refractivity (Wildman–Crippen MR) is 118 cm³/mol. The number of para-hydroxylation sites is 1. The van der Waals surface area contributed by atoms with E-state index in [0.717, 1.165) is 0 Å². The van der Waals surface area contributed by atoms with Gasteiger partial charge in [0, 0.05) is 28.8 Å². The SMILES string of the molecule is COc1cc2c(O)[n+](-c3ccccc3)c(O)[n+](CC(=O)c3ccc(Cl)cc3)c2cc1OC. The van der Waals surface area contributed by atoms with Gasteiger partial charge in [0.15, 0.2) is 16.9 Å². The first-order chi connectivity index (χ1) is 15.4. The van der Waals surface area contributed by atoms with Gasteiger partial charge in [0.2, 0.25) is 23.5 Å². The number of carbonyl (C=O) groups excluding carboxylic acids is 1. The number of Topliss-reactive ketones (excluding diaryl/α,β-unsaturated/α-hetero) is 1. The van der Waals surface area contributed by atoms with Crippen molar-refractivity contribution in [3.05, 3.63) is 77.3 Å². The molecule has 0 aliphatic carbocycles. The third-order valence-electron chi connectivity index (χ3n) is 5.17. The van der Waals surface area contributed by atoms with E-state index in [2.05, 4.69) is 0 Å². The minimum absolute atomic E-state index is 0.188. The van der Waals surface area contributed by atoms with E-state index in [1.807, 2.05) is 6.07 Å². The number of aromatic nitrogens is 2. The standard InChI is InChI=1S/C24H19ClN2O5/c1-31-21-12-18-19(13-22(21)32-2)26(14-20(28)15-8-10-16(25)11-9-15)24(30)27(23(18)29)17-6-4-3-5-7-17/h3-13H,14H2,1-2H3/p+2. The zero-order valence-electron chi connectivity index (χ0n) is 17.4. The zero-order valence-corrected chi connectivity index (χ0v) is 18.2. The number of fused-ring (bicyclic) bond motifs is 1. The molecule has 8 heteroatoms. The van der Waals surface area contributed by atoms with Crippen LogP contribution in [-0.4, -0.2) is 30.2 Å². The second kappa shape index (κ2) is 8.72. The number of rotatable bonds is 6. The van der Waals surface area contributed by atoms with E-state index in [4.69, 9.17) is 21.1 Å². The third-order valence-corrected chi connectivity index (χ3v) is 5.42. The molecule has 0 unspecified atom stereocenters. The molecule has 162 valence electrons. The molecule has 7 nitrogen and oxygen atoms in total. The molecule has 2 N–H and O–H groups in total. The van der Waals surface area contributed by atoms with E-state index in [-0.39, 0.29) is 24.2 Å². The van der Waals surface area contributed by atoms with Crippen molar-refractivity contribution < 1.29 is 33.6 Å². The van der Waals surface area contributed by atoms with Crippen LogP contribution in [0.25, 0.3) is 16.6 Å². The van der Waals surface area contributed by atoms with Gasteiger partial charge >= 0.3 is 11.9 Å². The molecule has 0 fully saturated rings. The molecule has 0 amide bonds. The maximum Gasteiger partial charge on any atom is 0.638 e. The fourth-order valence-electron chi connectivity index (χ4n) is 3.56. The van der Waals surface area contributed by atoms with E-state index in [1.54, 1.807) is 60.7 Å². The Balaban J connectivity index is 1.98. The molecule has 0 aliphatic heterocycles. The summed E-state index contributed by atoms with van der Waals surface area (Å²) in [4.78, 5) is 13.0. The quantitative estimate of drug-likeness (QED) is 0.346. The summed E-state index contributed by atoms with van der Waals surface area (Å²) in [7, 11) is 2.98. The lowest BCUT2D eigenvalue weighted by molar-refractivity contribution is -0.774. The topological polar surface area (TPSA) is 83.8 Å². The van der Waals surface area contributed by atoms with Crippen LogP contribution in [0.4, 0.5) is 0 Å². The van der Waals surface area contributed by atoms with Crippen molar-refractivity contribution in [3.63, 3.8) is 0 Å². The number of aromatic hydroxyl groups is 2. The lowest BCUT2D eigenvalue weighted by Crippen LogP contribution is -2.49. The predicted octanol–water partition coefficient (Wildman–Crippen LogP) is 3.37. The number of nitrogens with zero attached hydrogens (tertiary/aromatic N) is 2. The summed E-state index contributed by atoms with van der Waals surface area (Å²) < 4.78 is 13.5. The molecular formula is C24H21ClN2O5+2. The van der Waals surface area contributed by atoms with Crippen molar-refractivity contribution in [2.45, 2.75) is 6.54 Å². The summed E-state index contributed by atoms with van der Waals surface area (Å²) in [6.07, 6.45) is 0. The number of halogens is 1. The van der Waals surface area contributed by atoms with Crippen molar-refractivity contribution in [3.8, 4) is 29.1 Å². The first kappa shape index (κ1) is 21.4. The van der Waals surface area contributed by atoms with Crippen LogP contribution >= 0.6 is 11.6 Å². The Labute approximate surface area is 189 Å². The van der Waals surface area contributed by atoms with Crippen LogP contribution in [0.5, 0.6) is 23.4 Å². The molecular weight excluding hydrogens is 432 g/mol. The smallest absolute Gasteiger partial charge is 0.493 e. The Kier molecular flexibility index (Phi) is 5.83. The number of hydrogen-bond donors (Lipinski definition) is 2. The van der Waals surface area contributed by atoms with Gasteiger partial charge in [0.05, 0.1) is 20.3 Å². The highest BCUT2D eigenvalue weighted by Gasteiger charge is 2.37. The average molecular weight is 453 g/mol. The summed E-state index contributed by atoms with van der Waals surface area (Å²) in [5.74, 6) is 0.336. The molecule has 1 heterocycles. The molecule has 4 rings (SSSR count). The fraction of sp³-hybridized carbons (Fsp3) is 0.125. The highest BCUT2D eigenvalue weighted by Crippen LogP contribution is 2.34. The van der Waals surface area contributed by atoms with Crippen LogP contribution in [-0.2, 0) is 6.54 Å². The molecule has 0 saturated heterocycles. The number of methoxy groups -OCH3 is 2. The number of ether oxygens (including phenoxy) is 2. The van der Waals surface area contributed by atoms with Crippen molar-refractivity contribution >= 4 is 28.3 Å². The van der Waals surface area contributed by atoms with Gasteiger partial charge in [-0.15, -0.1) is 0 Å². The monoisotopic (exact) mass is 452 g/mol. The summed E-state index contributed by atoms with van der Waals surface area (Å²) in [6, 6.07) is 18.3. The van der Waals surface area contributed by atoms with Crippen LogP contribution in [0.1, 0.15) is 10.4 Å². The van der Waals surface area contributed by atoms with Crippen LogP contribution in [0, 0.1) is 0 Å². The Bertz CT molecular complexity index is 1310. The summed E-state index contributed by atoms with van der Waals surface area (Å²) >= 11 is 5.93. The first-order valence-corrected chi connectivity index (χ1v) is 10.1. The zero-order chi connectivity index (χ0) is 22.8. The highest BCUT2D eigenvalue weighted by atomic mass is 35.5. The van der Waals surface area contributed by atoms with Crippen molar-refractivity contribution in [2.24, 2.45) is 0 Å². The third kappa shape index (κ3) is 3.78. The summed E-state index contributed by atoms with van der Waals surface area (Å²) in [5, 5.41) is 23.1. The van der Waals surface area contributed by atoms with E-state index >= 15 is 0 Å². The second-order valence-corrected chi connectivity index (χ2v) is 7.47.